The number of nitrogens with zero attached hydrogens (tertiary/aromatic N) is 2. The lowest BCUT2D eigenvalue weighted by molar-refractivity contribution is -0.125. The summed E-state index contributed by atoms with van der Waals surface area (Å²) in [7, 11) is 0. The number of fused-ring (bicyclic) bond motifs is 4. The van der Waals surface area contributed by atoms with Gasteiger partial charge in [0.05, 0.1) is 23.2 Å². The zero-order valence-corrected chi connectivity index (χ0v) is 25.1. The average molecular weight is 634 g/mol. The molecule has 4 aliphatic rings. The molecule has 3 aromatic carbocycles. The van der Waals surface area contributed by atoms with Crippen LogP contribution < -0.4 is 9.80 Å². The molecule has 6 atom stereocenters. The van der Waals surface area contributed by atoms with Crippen LogP contribution in [0.4, 0.5) is 15.8 Å². The molecule has 44 heavy (non-hydrogen) atoms. The number of hydrogen-bond donors (Lipinski definition) is 1. The van der Waals surface area contributed by atoms with Crippen LogP contribution in [0.5, 0.6) is 5.75 Å². The van der Waals surface area contributed by atoms with Gasteiger partial charge in [0.2, 0.25) is 11.8 Å². The molecular weight excluding hydrogens is 606 g/mol. The first-order valence-electron chi connectivity index (χ1n) is 14.5. The first-order valence-corrected chi connectivity index (χ1v) is 15.3. The lowest BCUT2D eigenvalue weighted by atomic mass is 9.56. The SMILES string of the molecule is CCc1ccc(N2C(=O)C3CC=C4C(CC5(Cl)C(=O)N(c6ccc(F)cc6)C(=O)C5(Cl)C4c4ccccc4O)C3C2=O)cc1. The fourth-order valence-corrected chi connectivity index (χ4v) is 8.54. The van der Waals surface area contributed by atoms with E-state index in [1.807, 2.05) is 25.1 Å². The molecule has 2 aliphatic carbocycles. The number of allylic oxidation sites excluding steroid dienone is 2. The number of hydrogen-bond acceptors (Lipinski definition) is 5. The zero-order valence-electron chi connectivity index (χ0n) is 23.5. The Hall–Kier alpha value is -4.01. The summed E-state index contributed by atoms with van der Waals surface area (Å²) in [6.45, 7) is 2.01. The highest BCUT2D eigenvalue weighted by Crippen LogP contribution is 2.66. The van der Waals surface area contributed by atoms with Gasteiger partial charge in [0.25, 0.3) is 11.8 Å². The first-order chi connectivity index (χ1) is 21.0. The van der Waals surface area contributed by atoms with Gasteiger partial charge in [0, 0.05) is 11.5 Å². The van der Waals surface area contributed by atoms with E-state index in [0.717, 1.165) is 29.0 Å². The average Bonchev–Trinajstić information content (AvgIpc) is 3.36. The van der Waals surface area contributed by atoms with Crippen molar-refractivity contribution in [3.8, 4) is 5.75 Å². The molecule has 2 aliphatic heterocycles. The maximum atomic E-state index is 14.3. The van der Waals surface area contributed by atoms with Crippen LogP contribution in [0.3, 0.4) is 0 Å². The Morgan fingerprint density at radius 3 is 2.14 bits per heavy atom. The van der Waals surface area contributed by atoms with Crippen molar-refractivity contribution >= 4 is 58.2 Å². The highest BCUT2D eigenvalue weighted by molar-refractivity contribution is 6.58. The van der Waals surface area contributed by atoms with Gasteiger partial charge in [-0.25, -0.2) is 9.29 Å². The van der Waals surface area contributed by atoms with E-state index in [0.29, 0.717) is 11.3 Å². The monoisotopic (exact) mass is 632 g/mol. The standard InChI is InChI=1S/C34H27Cl2FN2O5/c1-2-18-7-11-20(12-8-18)38-29(41)24-16-15-22-25(27(24)30(38)42)17-33(35)31(43)39(21-13-9-19(37)10-14-21)32(44)34(33,36)28(22)23-5-3-4-6-26(23)40/h3-15,24-25,27-28,40H,2,16-17H2,1H3. The van der Waals surface area contributed by atoms with Gasteiger partial charge >= 0.3 is 0 Å². The lowest BCUT2D eigenvalue weighted by Gasteiger charge is -2.50. The Labute approximate surface area is 262 Å². The predicted octanol–water partition coefficient (Wildman–Crippen LogP) is 5.86. The second kappa shape index (κ2) is 10.0. The molecule has 4 amide bonds. The number of aromatic hydroxyl groups is 1. The number of phenols is 1. The lowest BCUT2D eigenvalue weighted by Crippen LogP contribution is -2.60. The minimum atomic E-state index is -2.10. The summed E-state index contributed by atoms with van der Waals surface area (Å²) in [5.74, 6) is -6.49. The molecule has 1 N–H and O–H groups in total. The van der Waals surface area contributed by atoms with Crippen LogP contribution in [0.2, 0.25) is 0 Å². The number of carbonyl (C=O) groups is 4. The molecule has 2 saturated heterocycles. The Bertz CT molecular complexity index is 1780. The normalized spacial score (nSPS) is 31.1. The minimum Gasteiger partial charge on any atom is -0.508 e. The van der Waals surface area contributed by atoms with E-state index in [1.54, 1.807) is 30.3 Å². The quantitative estimate of drug-likeness (QED) is 0.221. The summed E-state index contributed by atoms with van der Waals surface area (Å²) < 4.78 is 13.8. The van der Waals surface area contributed by atoms with Crippen LogP contribution in [0.1, 0.15) is 36.8 Å². The number of aryl methyl sites for hydroxylation is 1. The molecule has 224 valence electrons. The molecule has 7 rings (SSSR count). The minimum absolute atomic E-state index is 0.0931. The second-order valence-corrected chi connectivity index (χ2v) is 13.1. The van der Waals surface area contributed by atoms with Gasteiger partial charge in [-0.15, -0.1) is 23.2 Å². The summed E-state index contributed by atoms with van der Waals surface area (Å²) in [5.41, 5.74) is 2.46. The third-order valence-corrected chi connectivity index (χ3v) is 11.2. The number of phenolic OH excluding ortho intramolecular Hbond substituents is 1. The fourth-order valence-electron chi connectivity index (χ4n) is 7.61. The van der Waals surface area contributed by atoms with Crippen molar-refractivity contribution in [2.24, 2.45) is 17.8 Å². The van der Waals surface area contributed by atoms with Crippen molar-refractivity contribution < 1.29 is 28.7 Å². The topological polar surface area (TPSA) is 95.0 Å². The molecule has 2 heterocycles. The van der Waals surface area contributed by atoms with E-state index in [-0.39, 0.29) is 35.7 Å². The number of alkyl halides is 2. The zero-order chi connectivity index (χ0) is 31.1. The summed E-state index contributed by atoms with van der Waals surface area (Å²) in [5, 5.41) is 11.0. The van der Waals surface area contributed by atoms with Gasteiger partial charge in [-0.1, -0.05) is 48.9 Å². The van der Waals surface area contributed by atoms with Gasteiger partial charge in [-0.05, 0) is 73.2 Å². The summed E-state index contributed by atoms with van der Waals surface area (Å²) >= 11 is 14.6. The van der Waals surface area contributed by atoms with Crippen molar-refractivity contribution in [3.63, 3.8) is 0 Å². The maximum Gasteiger partial charge on any atom is 0.258 e. The molecule has 0 spiro atoms. The van der Waals surface area contributed by atoms with E-state index in [9.17, 15) is 28.7 Å². The van der Waals surface area contributed by atoms with Crippen molar-refractivity contribution in [2.45, 2.75) is 41.9 Å². The molecule has 7 nitrogen and oxygen atoms in total. The van der Waals surface area contributed by atoms with Crippen LogP contribution >= 0.6 is 23.2 Å². The van der Waals surface area contributed by atoms with Gasteiger partial charge in [0.1, 0.15) is 11.6 Å². The number of carbonyl (C=O) groups excluding carboxylic acids is 4. The van der Waals surface area contributed by atoms with E-state index in [1.165, 1.54) is 23.1 Å². The number of rotatable bonds is 4. The highest BCUT2D eigenvalue weighted by Gasteiger charge is 2.76. The van der Waals surface area contributed by atoms with Gasteiger partial charge in [-0.3, -0.25) is 24.1 Å². The molecule has 0 radical (unpaired) electrons. The number of benzene rings is 3. The molecule has 0 aromatic heterocycles. The maximum absolute atomic E-state index is 14.3. The van der Waals surface area contributed by atoms with E-state index in [2.05, 4.69) is 0 Å². The van der Waals surface area contributed by atoms with E-state index < -0.39 is 57.0 Å². The Morgan fingerprint density at radius 2 is 1.48 bits per heavy atom. The molecule has 10 heteroatoms. The fraction of sp³-hybridized carbons (Fsp3) is 0.294. The second-order valence-electron chi connectivity index (χ2n) is 11.8. The largest absolute Gasteiger partial charge is 0.508 e. The van der Waals surface area contributed by atoms with Gasteiger partial charge in [-0.2, -0.15) is 0 Å². The summed E-state index contributed by atoms with van der Waals surface area (Å²) in [6.07, 6.45) is 2.63. The molecular formula is C34H27Cl2FN2O5. The van der Waals surface area contributed by atoms with Crippen LogP contribution in [-0.4, -0.2) is 38.5 Å². The third kappa shape index (κ3) is 3.73. The first kappa shape index (κ1) is 28.7. The van der Waals surface area contributed by atoms with Gasteiger partial charge in [0.15, 0.2) is 9.75 Å². The number of anilines is 2. The van der Waals surface area contributed by atoms with Crippen LogP contribution in [0.25, 0.3) is 0 Å². The predicted molar refractivity (Wildman–Crippen MR) is 163 cm³/mol. The van der Waals surface area contributed by atoms with E-state index >= 15 is 0 Å². The Morgan fingerprint density at radius 1 is 0.841 bits per heavy atom. The van der Waals surface area contributed by atoms with Gasteiger partial charge < -0.3 is 5.11 Å². The summed E-state index contributed by atoms with van der Waals surface area (Å²) in [6, 6.07) is 18.4. The number of imide groups is 2. The number of halogens is 3. The van der Waals surface area contributed by atoms with E-state index in [4.69, 9.17) is 23.2 Å². The molecule has 6 unspecified atom stereocenters. The van der Waals surface area contributed by atoms with Crippen molar-refractivity contribution in [2.75, 3.05) is 9.80 Å². The van der Waals surface area contributed by atoms with Crippen molar-refractivity contribution in [1.82, 2.24) is 0 Å². The Kier molecular flexibility index (Phi) is 6.54. The molecule has 3 fully saturated rings. The summed E-state index contributed by atoms with van der Waals surface area (Å²) in [4.78, 5) is 54.4. The number of para-hydroxylation sites is 1. The van der Waals surface area contributed by atoms with Crippen LogP contribution in [0.15, 0.2) is 84.4 Å². The Balaban J connectivity index is 1.38. The van der Waals surface area contributed by atoms with Crippen molar-refractivity contribution in [1.29, 1.82) is 0 Å². The molecule has 0 bridgehead atoms. The molecule has 1 saturated carbocycles. The number of amides is 4. The molecule has 3 aromatic rings. The third-order valence-electron chi connectivity index (χ3n) is 9.75. The van der Waals surface area contributed by atoms with Crippen LogP contribution in [-0.2, 0) is 25.6 Å². The van der Waals surface area contributed by atoms with Crippen LogP contribution in [0, 0.1) is 23.6 Å². The smallest absolute Gasteiger partial charge is 0.258 e. The van der Waals surface area contributed by atoms with Crippen molar-refractivity contribution in [3.05, 3.63) is 101 Å². The highest BCUT2D eigenvalue weighted by atomic mass is 35.5.